The van der Waals surface area contributed by atoms with Crippen LogP contribution >= 0.6 is 0 Å². The number of ether oxygens (including phenoxy) is 2. The Bertz CT molecular complexity index is 1060. The fourth-order valence-corrected chi connectivity index (χ4v) is 2.82. The Morgan fingerprint density at radius 3 is 2.60 bits per heavy atom. The molecule has 0 unspecified atom stereocenters. The largest absolute Gasteiger partial charge is 0.455 e. The van der Waals surface area contributed by atoms with E-state index in [2.05, 4.69) is 22.5 Å². The molecule has 30 heavy (non-hydrogen) atoms. The summed E-state index contributed by atoms with van der Waals surface area (Å²) < 4.78 is 11.1. The highest BCUT2D eigenvalue weighted by Gasteiger charge is 2.26. The molecule has 2 aromatic rings. The predicted octanol–water partition coefficient (Wildman–Crippen LogP) is 3.17. The summed E-state index contributed by atoms with van der Waals surface area (Å²) in [6, 6.07) is 12.2. The molecule has 0 aliphatic carbocycles. The van der Waals surface area contributed by atoms with Gasteiger partial charge in [-0.15, -0.1) is 0 Å². The molecular weight excluding hydrogens is 384 g/mol. The van der Waals surface area contributed by atoms with Crippen molar-refractivity contribution in [2.75, 3.05) is 6.54 Å². The minimum atomic E-state index is -0.580. The van der Waals surface area contributed by atoms with Crippen molar-refractivity contribution in [2.24, 2.45) is 0 Å². The highest BCUT2D eigenvalue weighted by atomic mass is 16.6. The lowest BCUT2D eigenvalue weighted by molar-refractivity contribution is -0.119. The quantitative estimate of drug-likeness (QED) is 0.603. The van der Waals surface area contributed by atoms with Gasteiger partial charge in [0.05, 0.1) is 24.1 Å². The van der Waals surface area contributed by atoms with E-state index in [0.717, 1.165) is 0 Å². The number of imide groups is 1. The van der Waals surface area contributed by atoms with Crippen molar-refractivity contribution in [1.29, 1.82) is 0 Å². The van der Waals surface area contributed by atoms with Crippen molar-refractivity contribution in [3.8, 4) is 23.3 Å². The van der Waals surface area contributed by atoms with E-state index in [4.69, 9.17) is 9.47 Å². The number of fused-ring (bicyclic) bond motifs is 1. The van der Waals surface area contributed by atoms with E-state index in [1.165, 1.54) is 0 Å². The second-order valence-corrected chi connectivity index (χ2v) is 7.60. The number of nitrogens with one attached hydrogen (secondary N) is 2. The van der Waals surface area contributed by atoms with Crippen LogP contribution in [0.2, 0.25) is 0 Å². The zero-order chi connectivity index (χ0) is 21.7. The molecule has 0 saturated heterocycles. The summed E-state index contributed by atoms with van der Waals surface area (Å²) in [7, 11) is 0. The number of benzene rings is 2. The molecule has 0 aromatic heterocycles. The summed E-state index contributed by atoms with van der Waals surface area (Å²) in [5.74, 6) is 5.79. The number of hydrogen-bond acceptors (Lipinski definition) is 5. The molecule has 1 heterocycles. The van der Waals surface area contributed by atoms with Crippen LogP contribution < -0.4 is 15.4 Å². The van der Waals surface area contributed by atoms with Crippen molar-refractivity contribution in [3.05, 3.63) is 59.2 Å². The second-order valence-electron chi connectivity index (χ2n) is 7.60. The molecule has 1 aliphatic rings. The molecule has 2 N–H and O–H groups in total. The van der Waals surface area contributed by atoms with Gasteiger partial charge < -0.3 is 14.8 Å². The van der Waals surface area contributed by atoms with Crippen molar-refractivity contribution >= 4 is 17.9 Å². The first-order chi connectivity index (χ1) is 14.2. The number of rotatable bonds is 3. The summed E-state index contributed by atoms with van der Waals surface area (Å²) in [5.41, 5.74) is 0.968. The molecule has 0 spiro atoms. The molecule has 154 valence electrons. The fourth-order valence-electron chi connectivity index (χ4n) is 2.82. The van der Waals surface area contributed by atoms with Crippen LogP contribution in [0.3, 0.4) is 0 Å². The number of hydrogen-bond donors (Lipinski definition) is 2. The SMILES string of the molecule is CC(C)(C)OC(=O)NCC#Cc1ccccc1Oc1cccc2c1C(=O)NC(=O)C2. The van der Waals surface area contributed by atoms with Crippen LogP contribution in [0.4, 0.5) is 4.79 Å². The standard InChI is InChI=1S/C23H22N2O5/c1-23(2,3)30-22(28)24-13-7-10-15-8-4-5-11-17(15)29-18-12-6-9-16-14-19(26)25-21(27)20(16)18/h4-6,8-9,11-12H,13-14H2,1-3H3,(H,24,28)(H,25,26,27). The van der Waals surface area contributed by atoms with Gasteiger partial charge in [0, 0.05) is 0 Å². The summed E-state index contributed by atoms with van der Waals surface area (Å²) in [6.45, 7) is 5.45. The summed E-state index contributed by atoms with van der Waals surface area (Å²) >= 11 is 0. The van der Waals surface area contributed by atoms with E-state index in [1.807, 2.05) is 6.07 Å². The van der Waals surface area contributed by atoms with Gasteiger partial charge in [0.15, 0.2) is 0 Å². The van der Waals surface area contributed by atoms with E-state index >= 15 is 0 Å². The molecule has 0 radical (unpaired) electrons. The third-order valence-corrected chi connectivity index (χ3v) is 3.99. The summed E-state index contributed by atoms with van der Waals surface area (Å²) in [6.07, 6.45) is -0.423. The van der Waals surface area contributed by atoms with Crippen LogP contribution in [0.15, 0.2) is 42.5 Å². The Hall–Kier alpha value is -3.79. The van der Waals surface area contributed by atoms with Crippen LogP contribution in [-0.4, -0.2) is 30.1 Å². The van der Waals surface area contributed by atoms with Crippen molar-refractivity contribution in [1.82, 2.24) is 10.6 Å². The molecule has 7 nitrogen and oxygen atoms in total. The van der Waals surface area contributed by atoms with Gasteiger partial charge in [0.1, 0.15) is 17.1 Å². The van der Waals surface area contributed by atoms with Gasteiger partial charge in [-0.25, -0.2) is 4.79 Å². The van der Waals surface area contributed by atoms with Gasteiger partial charge >= 0.3 is 6.09 Å². The van der Waals surface area contributed by atoms with Gasteiger partial charge in [-0.1, -0.05) is 36.1 Å². The molecule has 2 aromatic carbocycles. The van der Waals surface area contributed by atoms with Crippen molar-refractivity contribution in [3.63, 3.8) is 0 Å². The Morgan fingerprint density at radius 1 is 1.10 bits per heavy atom. The number of alkyl carbamates (subject to hydrolysis) is 1. The topological polar surface area (TPSA) is 93.7 Å². The van der Waals surface area contributed by atoms with Crippen LogP contribution in [-0.2, 0) is 16.0 Å². The van der Waals surface area contributed by atoms with E-state index in [-0.39, 0.29) is 18.9 Å². The Morgan fingerprint density at radius 2 is 1.83 bits per heavy atom. The molecule has 1 aliphatic heterocycles. The molecule has 0 atom stereocenters. The van der Waals surface area contributed by atoms with E-state index in [9.17, 15) is 14.4 Å². The second kappa shape index (κ2) is 8.70. The van der Waals surface area contributed by atoms with E-state index in [0.29, 0.717) is 28.2 Å². The number of para-hydroxylation sites is 1. The van der Waals surface area contributed by atoms with Crippen LogP contribution in [0.5, 0.6) is 11.5 Å². The third-order valence-electron chi connectivity index (χ3n) is 3.99. The Kier molecular flexibility index (Phi) is 6.07. The fraction of sp³-hybridized carbons (Fsp3) is 0.261. The van der Waals surface area contributed by atoms with Gasteiger partial charge in [0.2, 0.25) is 5.91 Å². The number of carbonyl (C=O) groups is 3. The zero-order valence-electron chi connectivity index (χ0n) is 17.0. The molecule has 0 fully saturated rings. The zero-order valence-corrected chi connectivity index (χ0v) is 17.0. The van der Waals surface area contributed by atoms with Gasteiger partial charge in [0.25, 0.3) is 5.91 Å². The summed E-state index contributed by atoms with van der Waals surface area (Å²) in [4.78, 5) is 35.6. The smallest absolute Gasteiger partial charge is 0.408 e. The average Bonchev–Trinajstić information content (AvgIpc) is 2.64. The predicted molar refractivity (Wildman–Crippen MR) is 110 cm³/mol. The van der Waals surface area contributed by atoms with Crippen LogP contribution in [0.1, 0.15) is 42.3 Å². The van der Waals surface area contributed by atoms with Gasteiger partial charge in [-0.05, 0) is 44.5 Å². The lowest BCUT2D eigenvalue weighted by Gasteiger charge is -2.19. The Labute approximate surface area is 174 Å². The summed E-state index contributed by atoms with van der Waals surface area (Å²) in [5, 5.41) is 4.88. The molecule has 0 saturated carbocycles. The first-order valence-corrected chi connectivity index (χ1v) is 9.41. The number of amides is 3. The minimum Gasteiger partial charge on any atom is -0.455 e. The van der Waals surface area contributed by atoms with Gasteiger partial charge in [-0.3, -0.25) is 14.9 Å². The lowest BCUT2D eigenvalue weighted by atomic mass is 9.99. The lowest BCUT2D eigenvalue weighted by Crippen LogP contribution is -2.37. The first-order valence-electron chi connectivity index (χ1n) is 9.41. The monoisotopic (exact) mass is 406 g/mol. The Balaban J connectivity index is 1.75. The highest BCUT2D eigenvalue weighted by molar-refractivity contribution is 6.11. The maximum absolute atomic E-state index is 12.3. The normalized spacial score (nSPS) is 12.8. The molecule has 3 rings (SSSR count). The molecule has 7 heteroatoms. The number of carbonyl (C=O) groups excluding carboxylic acids is 3. The average molecular weight is 406 g/mol. The van der Waals surface area contributed by atoms with Crippen molar-refractivity contribution in [2.45, 2.75) is 32.8 Å². The first kappa shape index (κ1) is 20.9. The minimum absolute atomic E-state index is 0.106. The van der Waals surface area contributed by atoms with Crippen LogP contribution in [0.25, 0.3) is 0 Å². The molecule has 0 bridgehead atoms. The third kappa shape index (κ3) is 5.39. The molecular formula is C23H22N2O5. The highest BCUT2D eigenvalue weighted by Crippen LogP contribution is 2.31. The van der Waals surface area contributed by atoms with E-state index < -0.39 is 17.6 Å². The molecule has 3 amide bonds. The van der Waals surface area contributed by atoms with Crippen molar-refractivity contribution < 1.29 is 23.9 Å². The van der Waals surface area contributed by atoms with E-state index in [1.54, 1.807) is 57.2 Å². The maximum Gasteiger partial charge on any atom is 0.408 e. The van der Waals surface area contributed by atoms with Gasteiger partial charge in [-0.2, -0.15) is 0 Å². The van der Waals surface area contributed by atoms with Crippen LogP contribution in [0, 0.1) is 11.8 Å². The maximum atomic E-state index is 12.3.